The fraction of sp³-hybridized carbons (Fsp3) is 0.190. The van der Waals surface area contributed by atoms with E-state index in [0.717, 1.165) is 27.9 Å². The van der Waals surface area contributed by atoms with E-state index in [1.54, 1.807) is 6.92 Å². The maximum atomic E-state index is 9.93. The van der Waals surface area contributed by atoms with E-state index < -0.39 is 6.23 Å². The Morgan fingerprint density at radius 2 is 1.71 bits per heavy atom. The highest BCUT2D eigenvalue weighted by Crippen LogP contribution is 2.33. The molecule has 4 rings (SSSR count). The van der Waals surface area contributed by atoms with Gasteiger partial charge in [-0.1, -0.05) is 72.4 Å². The van der Waals surface area contributed by atoms with E-state index >= 15 is 0 Å². The van der Waals surface area contributed by atoms with Crippen molar-refractivity contribution in [3.8, 4) is 11.3 Å². The summed E-state index contributed by atoms with van der Waals surface area (Å²) in [4.78, 5) is 9.33. The maximum absolute atomic E-state index is 9.93. The number of nitrogens with one attached hydrogen (secondary N) is 1. The molecule has 0 aliphatic heterocycles. The highest BCUT2D eigenvalue weighted by atomic mass is 32.2. The molecular formula is C21H21N5OS. The molecule has 1 unspecified atom stereocenters. The summed E-state index contributed by atoms with van der Waals surface area (Å²) in [6.07, 6.45) is 1.19. The van der Waals surface area contributed by atoms with Gasteiger partial charge in [0.2, 0.25) is 0 Å². The van der Waals surface area contributed by atoms with Crippen molar-refractivity contribution in [1.82, 2.24) is 19.7 Å². The molecule has 0 bridgehead atoms. The number of aromatic nitrogens is 4. The van der Waals surface area contributed by atoms with Gasteiger partial charge in [-0.05, 0) is 18.7 Å². The Hall–Kier alpha value is -2.90. The first-order valence-corrected chi connectivity index (χ1v) is 10.2. The van der Waals surface area contributed by atoms with Gasteiger partial charge >= 0.3 is 0 Å². The van der Waals surface area contributed by atoms with Crippen molar-refractivity contribution in [2.45, 2.75) is 24.9 Å². The summed E-state index contributed by atoms with van der Waals surface area (Å²) < 4.78 is 1.90. The monoisotopic (exact) mass is 391 g/mol. The van der Waals surface area contributed by atoms with Crippen molar-refractivity contribution >= 4 is 28.6 Å². The van der Waals surface area contributed by atoms with Crippen molar-refractivity contribution in [1.29, 1.82) is 0 Å². The van der Waals surface area contributed by atoms with Gasteiger partial charge in [0.25, 0.3) is 0 Å². The van der Waals surface area contributed by atoms with Crippen LogP contribution < -0.4 is 5.32 Å². The first kappa shape index (κ1) is 18.5. The van der Waals surface area contributed by atoms with Crippen LogP contribution in [0.25, 0.3) is 22.3 Å². The van der Waals surface area contributed by atoms with E-state index in [0.29, 0.717) is 17.5 Å². The minimum Gasteiger partial charge on any atom is -0.374 e. The number of anilines is 1. The lowest BCUT2D eigenvalue weighted by Crippen LogP contribution is -2.15. The lowest BCUT2D eigenvalue weighted by atomic mass is 10.1. The Morgan fingerprint density at radius 1 is 1.04 bits per heavy atom. The number of rotatable bonds is 6. The molecule has 1 atom stereocenters. The number of fused-ring (bicyclic) bond motifs is 1. The second-order valence-corrected chi connectivity index (χ2v) is 7.21. The fourth-order valence-corrected chi connectivity index (χ4v) is 3.47. The predicted octanol–water partition coefficient (Wildman–Crippen LogP) is 4.01. The molecule has 0 aliphatic carbocycles. The van der Waals surface area contributed by atoms with Crippen molar-refractivity contribution in [3.63, 3.8) is 0 Å². The lowest BCUT2D eigenvalue weighted by Gasteiger charge is -2.11. The van der Waals surface area contributed by atoms with Crippen LogP contribution in [0.2, 0.25) is 0 Å². The second-order valence-electron chi connectivity index (χ2n) is 6.44. The minimum atomic E-state index is -0.742. The normalized spacial score (nSPS) is 12.2. The Balaban J connectivity index is 1.96. The van der Waals surface area contributed by atoms with Crippen molar-refractivity contribution in [2.75, 3.05) is 11.6 Å². The standard InChI is InChI=1S/C21H21N5OS/c1-14(27)22-19-17-18(16-11-7-4-8-12-16)25-26(13-15-9-5-3-6-10-15)20(17)24-21(23-19)28-2/h3-12,14,27H,13H2,1-2H3,(H,22,23,24). The van der Waals surface area contributed by atoms with E-state index in [1.165, 1.54) is 11.8 Å². The summed E-state index contributed by atoms with van der Waals surface area (Å²) in [5.41, 5.74) is 3.65. The molecule has 6 nitrogen and oxygen atoms in total. The Labute approximate surface area is 167 Å². The topological polar surface area (TPSA) is 75.9 Å². The molecule has 4 aromatic rings. The van der Waals surface area contributed by atoms with Gasteiger partial charge in [-0.3, -0.25) is 0 Å². The molecule has 2 N–H and O–H groups in total. The van der Waals surface area contributed by atoms with Gasteiger partial charge in [0.1, 0.15) is 17.7 Å². The SMILES string of the molecule is CSc1nc(NC(C)O)c2c(-c3ccccc3)nn(Cc3ccccc3)c2n1. The zero-order chi connectivity index (χ0) is 19.5. The first-order valence-electron chi connectivity index (χ1n) is 9.02. The van der Waals surface area contributed by atoms with Gasteiger partial charge in [-0.15, -0.1) is 0 Å². The van der Waals surface area contributed by atoms with Crippen LogP contribution in [-0.2, 0) is 6.54 Å². The van der Waals surface area contributed by atoms with E-state index in [-0.39, 0.29) is 0 Å². The number of aliphatic hydroxyl groups is 1. The third-order valence-electron chi connectivity index (χ3n) is 4.32. The van der Waals surface area contributed by atoms with Gasteiger partial charge in [0.05, 0.1) is 11.9 Å². The van der Waals surface area contributed by atoms with Crippen molar-refractivity contribution < 1.29 is 5.11 Å². The smallest absolute Gasteiger partial charge is 0.191 e. The molecule has 142 valence electrons. The predicted molar refractivity (Wildman–Crippen MR) is 113 cm³/mol. The van der Waals surface area contributed by atoms with Crippen molar-refractivity contribution in [3.05, 3.63) is 66.2 Å². The molecule has 0 radical (unpaired) electrons. The average Bonchev–Trinajstić information content (AvgIpc) is 3.07. The van der Waals surface area contributed by atoms with Crippen LogP contribution in [0.1, 0.15) is 12.5 Å². The highest BCUT2D eigenvalue weighted by Gasteiger charge is 2.20. The minimum absolute atomic E-state index is 0.586. The lowest BCUT2D eigenvalue weighted by molar-refractivity contribution is 0.224. The zero-order valence-electron chi connectivity index (χ0n) is 15.7. The molecule has 28 heavy (non-hydrogen) atoms. The summed E-state index contributed by atoms with van der Waals surface area (Å²) in [5, 5.41) is 19.3. The average molecular weight is 392 g/mol. The Morgan fingerprint density at radius 3 is 2.36 bits per heavy atom. The van der Waals surface area contributed by atoms with Gasteiger partial charge in [0.15, 0.2) is 10.8 Å². The number of nitrogens with zero attached hydrogens (tertiary/aromatic N) is 4. The van der Waals surface area contributed by atoms with Crippen LogP contribution in [0.4, 0.5) is 5.82 Å². The van der Waals surface area contributed by atoms with Crippen LogP contribution in [0.3, 0.4) is 0 Å². The zero-order valence-corrected chi connectivity index (χ0v) is 16.5. The van der Waals surface area contributed by atoms with Crippen LogP contribution in [0.5, 0.6) is 0 Å². The van der Waals surface area contributed by atoms with Gasteiger partial charge in [0, 0.05) is 5.56 Å². The van der Waals surface area contributed by atoms with Crippen LogP contribution in [-0.4, -0.2) is 37.3 Å². The number of aliphatic hydroxyl groups excluding tert-OH is 1. The second kappa shape index (κ2) is 8.00. The molecule has 2 aromatic heterocycles. The molecule has 0 saturated heterocycles. The summed E-state index contributed by atoms with van der Waals surface area (Å²) in [6.45, 7) is 2.27. The molecule has 0 saturated carbocycles. The number of benzene rings is 2. The fourth-order valence-electron chi connectivity index (χ4n) is 3.11. The van der Waals surface area contributed by atoms with Crippen LogP contribution in [0.15, 0.2) is 65.8 Å². The van der Waals surface area contributed by atoms with E-state index in [1.807, 2.05) is 59.5 Å². The molecule has 0 fully saturated rings. The van der Waals surface area contributed by atoms with Gasteiger partial charge in [-0.25, -0.2) is 14.6 Å². The number of thioether (sulfide) groups is 1. The summed E-state index contributed by atoms with van der Waals surface area (Å²) >= 11 is 1.46. The summed E-state index contributed by atoms with van der Waals surface area (Å²) in [6, 6.07) is 20.1. The van der Waals surface area contributed by atoms with Crippen LogP contribution >= 0.6 is 11.8 Å². The molecule has 0 amide bonds. The molecule has 2 aromatic carbocycles. The molecule has 0 spiro atoms. The van der Waals surface area contributed by atoms with Crippen molar-refractivity contribution in [2.24, 2.45) is 0 Å². The summed E-state index contributed by atoms with van der Waals surface area (Å²) in [7, 11) is 0. The molecule has 7 heteroatoms. The largest absolute Gasteiger partial charge is 0.374 e. The van der Waals surface area contributed by atoms with E-state index in [9.17, 15) is 5.11 Å². The van der Waals surface area contributed by atoms with E-state index in [2.05, 4.69) is 22.4 Å². The molecular weight excluding hydrogens is 370 g/mol. The highest BCUT2D eigenvalue weighted by molar-refractivity contribution is 7.98. The molecule has 2 heterocycles. The number of hydrogen-bond donors (Lipinski definition) is 2. The van der Waals surface area contributed by atoms with Gasteiger partial charge in [-0.2, -0.15) is 5.10 Å². The van der Waals surface area contributed by atoms with Gasteiger partial charge < -0.3 is 10.4 Å². The Bertz CT molecular complexity index is 1080. The summed E-state index contributed by atoms with van der Waals surface area (Å²) in [5.74, 6) is 0.586. The Kier molecular flexibility index (Phi) is 5.27. The third kappa shape index (κ3) is 3.72. The van der Waals surface area contributed by atoms with Crippen LogP contribution in [0, 0.1) is 0 Å². The first-order chi connectivity index (χ1) is 13.7. The number of hydrogen-bond acceptors (Lipinski definition) is 6. The third-order valence-corrected chi connectivity index (χ3v) is 4.87. The molecule has 0 aliphatic rings. The quantitative estimate of drug-likeness (QED) is 0.294. The van der Waals surface area contributed by atoms with E-state index in [4.69, 9.17) is 10.1 Å². The maximum Gasteiger partial charge on any atom is 0.191 e.